The van der Waals surface area contributed by atoms with E-state index in [4.69, 9.17) is 26.8 Å². The Labute approximate surface area is 108 Å². The van der Waals surface area contributed by atoms with E-state index in [1.807, 2.05) is 18.2 Å². The van der Waals surface area contributed by atoms with E-state index in [0.717, 1.165) is 11.4 Å². The highest BCUT2D eigenvalue weighted by Gasteiger charge is 2.09. The maximum atomic E-state index is 5.96. The Morgan fingerprint density at radius 2 is 2.12 bits per heavy atom. The number of hydrogen-bond acceptors (Lipinski definition) is 3. The summed E-state index contributed by atoms with van der Waals surface area (Å²) >= 11 is 5.96. The number of halogens is 1. The largest absolute Gasteiger partial charge is 0.382 e. The van der Waals surface area contributed by atoms with Gasteiger partial charge < -0.3 is 15.2 Å². The fourth-order valence-corrected chi connectivity index (χ4v) is 1.85. The average Bonchev–Trinajstić information content (AvgIpc) is 2.34. The molecule has 0 aliphatic heterocycles. The van der Waals surface area contributed by atoms with E-state index in [0.29, 0.717) is 32.3 Å². The summed E-state index contributed by atoms with van der Waals surface area (Å²) in [5.74, 6) is 0.302. The van der Waals surface area contributed by atoms with Crippen LogP contribution in [0.2, 0.25) is 5.02 Å². The third-order valence-corrected chi connectivity index (χ3v) is 2.88. The first-order chi connectivity index (χ1) is 8.27. The van der Waals surface area contributed by atoms with Crippen LogP contribution in [-0.4, -0.2) is 33.5 Å². The lowest BCUT2D eigenvalue weighted by Crippen LogP contribution is -2.15. The van der Waals surface area contributed by atoms with Gasteiger partial charge in [-0.2, -0.15) is 0 Å². The molecule has 0 aromatic heterocycles. The van der Waals surface area contributed by atoms with Gasteiger partial charge in [0, 0.05) is 18.7 Å². The van der Waals surface area contributed by atoms with Crippen LogP contribution in [0.15, 0.2) is 24.3 Å². The fraction of sp³-hybridized carbons (Fsp3) is 0.538. The van der Waals surface area contributed by atoms with Gasteiger partial charge in [-0.1, -0.05) is 23.7 Å². The molecule has 4 heteroatoms. The van der Waals surface area contributed by atoms with Crippen molar-refractivity contribution in [2.45, 2.75) is 12.3 Å². The maximum absolute atomic E-state index is 5.96. The van der Waals surface area contributed by atoms with Crippen LogP contribution in [-0.2, 0) is 9.47 Å². The Morgan fingerprint density at radius 3 is 2.76 bits per heavy atom. The SMILES string of the molecule is COCCOCCC(CN)c1cccc(Cl)c1. The van der Waals surface area contributed by atoms with Crippen molar-refractivity contribution >= 4 is 11.6 Å². The first-order valence-electron chi connectivity index (χ1n) is 5.80. The van der Waals surface area contributed by atoms with Crippen molar-refractivity contribution in [2.24, 2.45) is 5.73 Å². The molecule has 17 heavy (non-hydrogen) atoms. The van der Waals surface area contributed by atoms with E-state index >= 15 is 0 Å². The molecule has 0 bridgehead atoms. The van der Waals surface area contributed by atoms with Crippen LogP contribution in [0.5, 0.6) is 0 Å². The summed E-state index contributed by atoms with van der Waals surface area (Å²) in [6.45, 7) is 2.56. The number of hydrogen-bond donors (Lipinski definition) is 1. The Balaban J connectivity index is 2.38. The predicted molar refractivity (Wildman–Crippen MR) is 70.6 cm³/mol. The molecule has 1 aromatic carbocycles. The number of nitrogens with two attached hydrogens (primary N) is 1. The molecule has 1 atom stereocenters. The first kappa shape index (κ1) is 14.5. The van der Waals surface area contributed by atoms with E-state index in [9.17, 15) is 0 Å². The lowest BCUT2D eigenvalue weighted by molar-refractivity contribution is 0.0672. The lowest BCUT2D eigenvalue weighted by atomic mass is 9.96. The molecule has 0 fully saturated rings. The van der Waals surface area contributed by atoms with Crippen LogP contribution < -0.4 is 5.73 Å². The summed E-state index contributed by atoms with van der Waals surface area (Å²) in [7, 11) is 1.66. The quantitative estimate of drug-likeness (QED) is 0.728. The van der Waals surface area contributed by atoms with Gasteiger partial charge >= 0.3 is 0 Å². The molecule has 0 amide bonds. The Bertz CT molecular complexity index is 320. The topological polar surface area (TPSA) is 44.5 Å². The van der Waals surface area contributed by atoms with Gasteiger partial charge in [0.15, 0.2) is 0 Å². The Hall–Kier alpha value is -0.610. The van der Waals surface area contributed by atoms with E-state index in [1.165, 1.54) is 5.56 Å². The molecule has 2 N–H and O–H groups in total. The zero-order valence-corrected chi connectivity index (χ0v) is 11.0. The van der Waals surface area contributed by atoms with Crippen LogP contribution in [0.25, 0.3) is 0 Å². The second kappa shape index (κ2) is 8.48. The zero-order valence-electron chi connectivity index (χ0n) is 10.2. The predicted octanol–water partition coefficient (Wildman–Crippen LogP) is 2.44. The van der Waals surface area contributed by atoms with E-state index in [1.54, 1.807) is 7.11 Å². The van der Waals surface area contributed by atoms with Crippen LogP contribution >= 0.6 is 11.6 Å². The van der Waals surface area contributed by atoms with Crippen molar-refractivity contribution in [1.82, 2.24) is 0 Å². The van der Waals surface area contributed by atoms with Gasteiger partial charge in [-0.05, 0) is 36.6 Å². The number of benzene rings is 1. The maximum Gasteiger partial charge on any atom is 0.0700 e. The van der Waals surface area contributed by atoms with Crippen LogP contribution in [0, 0.1) is 0 Å². The van der Waals surface area contributed by atoms with Crippen molar-refractivity contribution in [3.05, 3.63) is 34.9 Å². The summed E-state index contributed by atoms with van der Waals surface area (Å²) in [5, 5.41) is 0.751. The molecule has 0 radical (unpaired) electrons. The monoisotopic (exact) mass is 257 g/mol. The molecule has 1 unspecified atom stereocenters. The molecular formula is C13H20ClNO2. The smallest absolute Gasteiger partial charge is 0.0700 e. The minimum absolute atomic E-state index is 0.302. The molecule has 1 aromatic rings. The molecular weight excluding hydrogens is 238 g/mol. The fourth-order valence-electron chi connectivity index (χ4n) is 1.65. The molecule has 0 aliphatic rings. The second-order valence-corrected chi connectivity index (χ2v) is 4.32. The minimum Gasteiger partial charge on any atom is -0.382 e. The van der Waals surface area contributed by atoms with Crippen molar-refractivity contribution in [3.8, 4) is 0 Å². The summed E-state index contributed by atoms with van der Waals surface area (Å²) in [4.78, 5) is 0. The third-order valence-electron chi connectivity index (χ3n) is 2.65. The van der Waals surface area contributed by atoms with Gasteiger partial charge in [0.05, 0.1) is 13.2 Å². The summed E-state index contributed by atoms with van der Waals surface area (Å²) in [6.07, 6.45) is 0.903. The molecule has 0 saturated heterocycles. The zero-order chi connectivity index (χ0) is 12.5. The van der Waals surface area contributed by atoms with E-state index < -0.39 is 0 Å². The third kappa shape index (κ3) is 5.50. The minimum atomic E-state index is 0.302. The van der Waals surface area contributed by atoms with Gasteiger partial charge in [-0.25, -0.2) is 0 Å². The molecule has 96 valence electrons. The van der Waals surface area contributed by atoms with E-state index in [2.05, 4.69) is 6.07 Å². The number of methoxy groups -OCH3 is 1. The van der Waals surface area contributed by atoms with Crippen molar-refractivity contribution in [1.29, 1.82) is 0 Å². The Morgan fingerprint density at radius 1 is 1.29 bits per heavy atom. The molecule has 0 saturated carbocycles. The van der Waals surface area contributed by atoms with Crippen LogP contribution in [0.1, 0.15) is 17.9 Å². The standard InChI is InChI=1S/C13H20ClNO2/c1-16-7-8-17-6-5-12(10-15)11-3-2-4-13(14)9-11/h2-4,9,12H,5-8,10,15H2,1H3. The molecule has 0 spiro atoms. The average molecular weight is 258 g/mol. The van der Waals surface area contributed by atoms with Gasteiger partial charge in [-0.15, -0.1) is 0 Å². The first-order valence-corrected chi connectivity index (χ1v) is 6.18. The van der Waals surface area contributed by atoms with Crippen LogP contribution in [0.4, 0.5) is 0 Å². The van der Waals surface area contributed by atoms with Gasteiger partial charge in [0.25, 0.3) is 0 Å². The van der Waals surface area contributed by atoms with Crippen molar-refractivity contribution < 1.29 is 9.47 Å². The van der Waals surface area contributed by atoms with Crippen molar-refractivity contribution in [2.75, 3.05) is 33.5 Å². The molecule has 1 rings (SSSR count). The number of rotatable bonds is 8. The molecule has 3 nitrogen and oxygen atoms in total. The highest BCUT2D eigenvalue weighted by atomic mass is 35.5. The van der Waals surface area contributed by atoms with Gasteiger partial charge in [0.1, 0.15) is 0 Å². The summed E-state index contributed by atoms with van der Waals surface area (Å²) < 4.78 is 10.4. The summed E-state index contributed by atoms with van der Waals surface area (Å²) in [5.41, 5.74) is 6.95. The van der Waals surface area contributed by atoms with Gasteiger partial charge in [-0.3, -0.25) is 0 Å². The molecule has 0 aliphatic carbocycles. The highest BCUT2D eigenvalue weighted by molar-refractivity contribution is 6.30. The second-order valence-electron chi connectivity index (χ2n) is 3.88. The van der Waals surface area contributed by atoms with Gasteiger partial charge in [0.2, 0.25) is 0 Å². The van der Waals surface area contributed by atoms with Crippen molar-refractivity contribution in [3.63, 3.8) is 0 Å². The Kier molecular flexibility index (Phi) is 7.21. The summed E-state index contributed by atoms with van der Waals surface area (Å²) in [6, 6.07) is 7.84. The normalized spacial score (nSPS) is 12.6. The van der Waals surface area contributed by atoms with Crippen LogP contribution in [0.3, 0.4) is 0 Å². The highest BCUT2D eigenvalue weighted by Crippen LogP contribution is 2.21. The number of ether oxygens (including phenoxy) is 2. The molecule has 0 heterocycles. The lowest BCUT2D eigenvalue weighted by Gasteiger charge is -2.15. The van der Waals surface area contributed by atoms with E-state index in [-0.39, 0.29) is 0 Å².